The molecule has 0 N–H and O–H groups in total. The van der Waals surface area contributed by atoms with Gasteiger partial charge in [0.1, 0.15) is 23.8 Å². The van der Waals surface area contributed by atoms with Crippen LogP contribution in [-0.4, -0.2) is 14.1 Å². The molecule has 1 aliphatic carbocycles. The Bertz CT molecular complexity index is 1310. The molecule has 7 heteroatoms. The highest BCUT2D eigenvalue weighted by molar-refractivity contribution is 6.30. The standard InChI is InChI=1S/C25H24ClN3O2.ClH/c1-28-22-6-4-2-3-5-20(22)21-11-12-23(27-25(21)28)29-14-13-19(15-24(29)30)31-16-17-7-9-18(26)10-8-17;/h7-15H,2-6,16H2,1H3;1H. The van der Waals surface area contributed by atoms with Crippen LogP contribution >= 0.6 is 24.0 Å². The monoisotopic (exact) mass is 469 g/mol. The lowest BCUT2D eigenvalue weighted by molar-refractivity contribution is 0.305. The van der Waals surface area contributed by atoms with Crippen LogP contribution < -0.4 is 10.3 Å². The number of hydrogen-bond acceptors (Lipinski definition) is 3. The summed E-state index contributed by atoms with van der Waals surface area (Å²) in [7, 11) is 2.08. The molecule has 0 atom stereocenters. The summed E-state index contributed by atoms with van der Waals surface area (Å²) in [6.45, 7) is 0.375. The summed E-state index contributed by atoms with van der Waals surface area (Å²) in [6.07, 6.45) is 7.65. The maximum absolute atomic E-state index is 12.8. The fraction of sp³-hybridized carbons (Fsp3) is 0.280. The van der Waals surface area contributed by atoms with Crippen molar-refractivity contribution in [3.63, 3.8) is 0 Å². The van der Waals surface area contributed by atoms with Crippen molar-refractivity contribution in [3.8, 4) is 11.6 Å². The topological polar surface area (TPSA) is 49.0 Å². The first-order valence-corrected chi connectivity index (χ1v) is 11.1. The van der Waals surface area contributed by atoms with E-state index in [1.54, 1.807) is 16.8 Å². The van der Waals surface area contributed by atoms with E-state index in [-0.39, 0.29) is 18.0 Å². The number of nitrogens with zero attached hydrogens (tertiary/aromatic N) is 3. The highest BCUT2D eigenvalue weighted by Gasteiger charge is 2.18. The molecule has 5 nitrogen and oxygen atoms in total. The van der Waals surface area contributed by atoms with Crippen LogP contribution in [0.1, 0.15) is 36.1 Å². The van der Waals surface area contributed by atoms with Gasteiger partial charge in [-0.15, -0.1) is 12.4 Å². The van der Waals surface area contributed by atoms with E-state index in [1.807, 2.05) is 30.3 Å². The molecule has 1 aromatic carbocycles. The van der Waals surface area contributed by atoms with Crippen LogP contribution in [0, 0.1) is 0 Å². The van der Waals surface area contributed by atoms with Crippen LogP contribution in [-0.2, 0) is 26.5 Å². The van der Waals surface area contributed by atoms with Gasteiger partial charge in [-0.1, -0.05) is 30.2 Å². The number of ether oxygens (including phenoxy) is 1. The normalized spacial score (nSPS) is 13.3. The fourth-order valence-electron chi connectivity index (χ4n) is 4.41. The van der Waals surface area contributed by atoms with E-state index in [9.17, 15) is 4.79 Å². The smallest absolute Gasteiger partial charge is 0.259 e. The Balaban J connectivity index is 0.00000245. The van der Waals surface area contributed by atoms with Gasteiger partial charge >= 0.3 is 0 Å². The van der Waals surface area contributed by atoms with Crippen molar-refractivity contribution in [1.82, 2.24) is 14.1 Å². The summed E-state index contributed by atoms with van der Waals surface area (Å²) in [5, 5.41) is 1.89. The third-order valence-electron chi connectivity index (χ3n) is 6.05. The molecule has 166 valence electrons. The van der Waals surface area contributed by atoms with Crippen LogP contribution in [0.5, 0.6) is 5.75 Å². The van der Waals surface area contributed by atoms with E-state index in [1.165, 1.54) is 42.0 Å². The van der Waals surface area contributed by atoms with E-state index < -0.39 is 0 Å². The van der Waals surface area contributed by atoms with Crippen molar-refractivity contribution in [2.75, 3.05) is 0 Å². The maximum Gasteiger partial charge on any atom is 0.259 e. The van der Waals surface area contributed by atoms with Crippen molar-refractivity contribution < 1.29 is 4.74 Å². The highest BCUT2D eigenvalue weighted by Crippen LogP contribution is 2.30. The molecule has 32 heavy (non-hydrogen) atoms. The number of hydrogen-bond donors (Lipinski definition) is 0. The average Bonchev–Trinajstić information content (AvgIpc) is 2.93. The van der Waals surface area contributed by atoms with Gasteiger partial charge in [-0.25, -0.2) is 4.98 Å². The Morgan fingerprint density at radius 1 is 1.03 bits per heavy atom. The quantitative estimate of drug-likeness (QED) is 0.363. The lowest BCUT2D eigenvalue weighted by Crippen LogP contribution is -2.18. The summed E-state index contributed by atoms with van der Waals surface area (Å²) >= 11 is 5.92. The zero-order valence-electron chi connectivity index (χ0n) is 17.9. The predicted molar refractivity (Wildman–Crippen MR) is 131 cm³/mol. The molecule has 0 saturated heterocycles. The van der Waals surface area contributed by atoms with Gasteiger partial charge in [0.2, 0.25) is 0 Å². The first-order valence-electron chi connectivity index (χ1n) is 10.7. The van der Waals surface area contributed by atoms with Crippen LogP contribution in [0.3, 0.4) is 0 Å². The lowest BCUT2D eigenvalue weighted by Gasteiger charge is -2.09. The van der Waals surface area contributed by atoms with Gasteiger partial charge in [0.05, 0.1) is 0 Å². The molecule has 0 saturated carbocycles. The van der Waals surface area contributed by atoms with Crippen LogP contribution in [0.4, 0.5) is 0 Å². The van der Waals surface area contributed by atoms with Gasteiger partial charge < -0.3 is 9.30 Å². The molecular weight excluding hydrogens is 445 g/mol. The Kier molecular flexibility index (Phi) is 6.58. The van der Waals surface area contributed by atoms with Gasteiger partial charge in [0, 0.05) is 35.4 Å². The molecule has 0 bridgehead atoms. The first kappa shape index (κ1) is 22.4. The zero-order valence-corrected chi connectivity index (χ0v) is 19.5. The van der Waals surface area contributed by atoms with Crippen LogP contribution in [0.15, 0.2) is 59.5 Å². The predicted octanol–water partition coefficient (Wildman–Crippen LogP) is 5.65. The molecule has 0 fully saturated rings. The van der Waals surface area contributed by atoms with Crippen LogP contribution in [0.2, 0.25) is 5.02 Å². The second kappa shape index (κ2) is 9.39. The van der Waals surface area contributed by atoms with Gasteiger partial charge in [-0.3, -0.25) is 9.36 Å². The molecular formula is C25H25Cl2N3O2. The summed E-state index contributed by atoms with van der Waals surface area (Å²) in [4.78, 5) is 17.6. The SMILES string of the molecule is Cl.Cn1c2c(c3ccc(-n4ccc(OCc5ccc(Cl)cc5)cc4=O)nc31)CCCCC2. The lowest BCUT2D eigenvalue weighted by atomic mass is 10.1. The van der Waals surface area contributed by atoms with Crippen molar-refractivity contribution in [1.29, 1.82) is 0 Å². The second-order valence-electron chi connectivity index (χ2n) is 8.07. The largest absolute Gasteiger partial charge is 0.489 e. The second-order valence-corrected chi connectivity index (χ2v) is 8.51. The molecule has 3 aromatic heterocycles. The number of aromatic nitrogens is 3. The van der Waals surface area contributed by atoms with Crippen molar-refractivity contribution in [2.24, 2.45) is 7.05 Å². The minimum absolute atomic E-state index is 0. The molecule has 0 amide bonds. The fourth-order valence-corrected chi connectivity index (χ4v) is 4.53. The molecule has 5 rings (SSSR count). The number of aryl methyl sites for hydroxylation is 2. The van der Waals surface area contributed by atoms with E-state index in [0.717, 1.165) is 24.1 Å². The minimum atomic E-state index is -0.170. The Labute approximate surface area is 198 Å². The summed E-state index contributed by atoms with van der Waals surface area (Å²) in [5.41, 5.74) is 4.57. The molecule has 0 radical (unpaired) electrons. The van der Waals surface area contributed by atoms with Crippen molar-refractivity contribution in [3.05, 3.63) is 86.9 Å². The molecule has 1 aliphatic rings. The summed E-state index contributed by atoms with van der Waals surface area (Å²) in [6, 6.07) is 14.8. The maximum atomic E-state index is 12.8. The third kappa shape index (κ3) is 4.27. The van der Waals surface area contributed by atoms with Gasteiger partial charge in [-0.05, 0) is 67.1 Å². The van der Waals surface area contributed by atoms with E-state index in [0.29, 0.717) is 23.2 Å². The average molecular weight is 470 g/mol. The highest BCUT2D eigenvalue weighted by atomic mass is 35.5. The number of benzene rings is 1. The van der Waals surface area contributed by atoms with Gasteiger partial charge in [-0.2, -0.15) is 0 Å². The third-order valence-corrected chi connectivity index (χ3v) is 6.31. The molecule has 0 aliphatic heterocycles. The summed E-state index contributed by atoms with van der Waals surface area (Å²) in [5.74, 6) is 1.15. The van der Waals surface area contributed by atoms with Crippen molar-refractivity contribution in [2.45, 2.75) is 38.7 Å². The number of rotatable bonds is 4. The number of pyridine rings is 2. The zero-order chi connectivity index (χ0) is 21.4. The molecule has 4 aromatic rings. The van der Waals surface area contributed by atoms with Gasteiger partial charge in [0.15, 0.2) is 0 Å². The Morgan fingerprint density at radius 2 is 1.81 bits per heavy atom. The molecule has 3 heterocycles. The van der Waals surface area contributed by atoms with Crippen molar-refractivity contribution >= 4 is 35.0 Å². The molecule has 0 unspecified atom stereocenters. The Hall–Kier alpha value is -2.76. The van der Waals surface area contributed by atoms with Gasteiger partial charge in [0.25, 0.3) is 5.56 Å². The van der Waals surface area contributed by atoms with E-state index >= 15 is 0 Å². The van der Waals surface area contributed by atoms with E-state index in [4.69, 9.17) is 21.3 Å². The first-order chi connectivity index (χ1) is 15.1. The summed E-state index contributed by atoms with van der Waals surface area (Å²) < 4.78 is 9.54. The van der Waals surface area contributed by atoms with E-state index in [2.05, 4.69) is 17.7 Å². The number of fused-ring (bicyclic) bond motifs is 3. The van der Waals surface area contributed by atoms with Crippen LogP contribution in [0.25, 0.3) is 16.9 Å². The Morgan fingerprint density at radius 3 is 2.59 bits per heavy atom. The molecule has 0 spiro atoms. The number of halogens is 2. The minimum Gasteiger partial charge on any atom is -0.489 e.